The van der Waals surface area contributed by atoms with Crippen LogP contribution in [0.4, 0.5) is 11.5 Å². The first-order valence-corrected chi connectivity index (χ1v) is 6.61. The van der Waals surface area contributed by atoms with E-state index >= 15 is 0 Å². The highest BCUT2D eigenvalue weighted by atomic mass is 79.9. The van der Waals surface area contributed by atoms with Gasteiger partial charge in [-0.3, -0.25) is 4.79 Å². The number of nitrogens with one attached hydrogen (secondary N) is 2. The van der Waals surface area contributed by atoms with Crippen molar-refractivity contribution in [2.45, 2.75) is 6.92 Å². The number of nitrogens with zero attached hydrogens (tertiary/aromatic N) is 1. The van der Waals surface area contributed by atoms with Crippen LogP contribution in [0.2, 0.25) is 0 Å². The minimum atomic E-state index is -0.149. The van der Waals surface area contributed by atoms with E-state index in [1.54, 1.807) is 25.4 Å². The summed E-state index contributed by atoms with van der Waals surface area (Å²) in [6.07, 6.45) is 1.61. The fraction of sp³-hybridized carbons (Fsp3) is 0.143. The van der Waals surface area contributed by atoms with Crippen molar-refractivity contribution in [3.8, 4) is 0 Å². The zero-order valence-corrected chi connectivity index (χ0v) is 12.3. The van der Waals surface area contributed by atoms with Gasteiger partial charge in [0.15, 0.2) is 0 Å². The molecule has 0 aliphatic heterocycles. The standard InChI is InChI=1S/C14H14BrN3O/c1-9-7-11(15)3-4-12(9)18-14(19)10-5-6-17-13(8-10)16-2/h3-8H,1-2H3,(H,16,17)(H,18,19). The Labute approximate surface area is 120 Å². The maximum atomic E-state index is 12.1. The zero-order chi connectivity index (χ0) is 13.8. The average Bonchev–Trinajstić information content (AvgIpc) is 2.42. The fourth-order valence-corrected chi connectivity index (χ4v) is 2.15. The van der Waals surface area contributed by atoms with Gasteiger partial charge in [0, 0.05) is 29.0 Å². The van der Waals surface area contributed by atoms with E-state index in [0.29, 0.717) is 11.4 Å². The molecule has 0 spiro atoms. The van der Waals surface area contributed by atoms with Crippen molar-refractivity contribution in [2.24, 2.45) is 0 Å². The summed E-state index contributed by atoms with van der Waals surface area (Å²) in [5.74, 6) is 0.518. The Hall–Kier alpha value is -1.88. The third-order valence-corrected chi connectivity index (χ3v) is 3.21. The van der Waals surface area contributed by atoms with Crippen LogP contribution in [0.1, 0.15) is 15.9 Å². The van der Waals surface area contributed by atoms with Crippen molar-refractivity contribution in [3.05, 3.63) is 52.1 Å². The number of anilines is 2. The summed E-state index contributed by atoms with van der Waals surface area (Å²) >= 11 is 3.40. The molecule has 2 N–H and O–H groups in total. The molecule has 19 heavy (non-hydrogen) atoms. The van der Waals surface area contributed by atoms with Crippen LogP contribution >= 0.6 is 15.9 Å². The van der Waals surface area contributed by atoms with E-state index in [1.807, 2.05) is 25.1 Å². The molecule has 2 rings (SSSR count). The second-order valence-electron chi connectivity index (χ2n) is 4.09. The number of carbonyl (C=O) groups is 1. The predicted molar refractivity (Wildman–Crippen MR) is 80.6 cm³/mol. The lowest BCUT2D eigenvalue weighted by Gasteiger charge is -2.09. The number of aromatic nitrogens is 1. The van der Waals surface area contributed by atoms with Gasteiger partial charge in [-0.25, -0.2) is 4.98 Å². The molecule has 0 bridgehead atoms. The van der Waals surface area contributed by atoms with Crippen LogP contribution in [0.5, 0.6) is 0 Å². The number of pyridine rings is 1. The molecule has 0 aliphatic rings. The van der Waals surface area contributed by atoms with Crippen LogP contribution in [0.25, 0.3) is 0 Å². The Balaban J connectivity index is 2.20. The Bertz CT molecular complexity index is 613. The molecule has 0 saturated heterocycles. The van der Waals surface area contributed by atoms with Crippen molar-refractivity contribution in [1.82, 2.24) is 4.98 Å². The molecule has 1 aromatic carbocycles. The van der Waals surface area contributed by atoms with Gasteiger partial charge >= 0.3 is 0 Å². The number of hydrogen-bond donors (Lipinski definition) is 2. The first kappa shape index (κ1) is 13.5. The van der Waals surface area contributed by atoms with Crippen LogP contribution in [0.15, 0.2) is 41.0 Å². The lowest BCUT2D eigenvalue weighted by molar-refractivity contribution is 0.102. The van der Waals surface area contributed by atoms with Crippen molar-refractivity contribution in [3.63, 3.8) is 0 Å². The monoisotopic (exact) mass is 319 g/mol. The number of amides is 1. The molecule has 1 aromatic heterocycles. The third kappa shape index (κ3) is 3.32. The Kier molecular flexibility index (Phi) is 4.16. The molecule has 5 heteroatoms. The summed E-state index contributed by atoms with van der Waals surface area (Å²) in [7, 11) is 1.77. The minimum Gasteiger partial charge on any atom is -0.373 e. The summed E-state index contributed by atoms with van der Waals surface area (Å²) < 4.78 is 0.990. The number of rotatable bonds is 3. The molecule has 1 amide bonds. The van der Waals surface area contributed by atoms with Crippen LogP contribution < -0.4 is 10.6 Å². The summed E-state index contributed by atoms with van der Waals surface area (Å²) in [6.45, 7) is 1.95. The number of aryl methyl sites for hydroxylation is 1. The van der Waals surface area contributed by atoms with Crippen LogP contribution in [0.3, 0.4) is 0 Å². The lowest BCUT2D eigenvalue weighted by atomic mass is 10.2. The van der Waals surface area contributed by atoms with E-state index in [2.05, 4.69) is 31.5 Å². The zero-order valence-electron chi connectivity index (χ0n) is 10.7. The van der Waals surface area contributed by atoms with Crippen LogP contribution in [-0.2, 0) is 0 Å². The molecule has 0 saturated carbocycles. The smallest absolute Gasteiger partial charge is 0.255 e. The Morgan fingerprint density at radius 3 is 2.74 bits per heavy atom. The first-order chi connectivity index (χ1) is 9.10. The second kappa shape index (κ2) is 5.84. The molecule has 1 heterocycles. The lowest BCUT2D eigenvalue weighted by Crippen LogP contribution is -2.13. The normalized spacial score (nSPS) is 10.1. The van der Waals surface area contributed by atoms with Gasteiger partial charge in [-0.15, -0.1) is 0 Å². The second-order valence-corrected chi connectivity index (χ2v) is 5.01. The molecule has 0 fully saturated rings. The molecular weight excluding hydrogens is 306 g/mol. The van der Waals surface area contributed by atoms with Gasteiger partial charge in [0.2, 0.25) is 0 Å². The van der Waals surface area contributed by atoms with Gasteiger partial charge in [-0.1, -0.05) is 15.9 Å². The number of carbonyl (C=O) groups excluding carboxylic acids is 1. The predicted octanol–water partition coefficient (Wildman–Crippen LogP) is 3.45. The van der Waals surface area contributed by atoms with Gasteiger partial charge in [0.25, 0.3) is 5.91 Å². The summed E-state index contributed by atoms with van der Waals surface area (Å²) in [4.78, 5) is 16.2. The topological polar surface area (TPSA) is 54.0 Å². The van der Waals surface area contributed by atoms with Crippen molar-refractivity contribution in [2.75, 3.05) is 17.7 Å². The average molecular weight is 320 g/mol. The number of benzene rings is 1. The summed E-state index contributed by atoms with van der Waals surface area (Å²) in [6, 6.07) is 9.13. The molecule has 0 atom stereocenters. The van der Waals surface area contributed by atoms with E-state index in [1.165, 1.54) is 0 Å². The molecule has 0 aliphatic carbocycles. The van der Waals surface area contributed by atoms with Crippen molar-refractivity contribution in [1.29, 1.82) is 0 Å². The largest absolute Gasteiger partial charge is 0.373 e. The van der Waals surface area contributed by atoms with E-state index in [-0.39, 0.29) is 5.91 Å². The summed E-state index contributed by atoms with van der Waals surface area (Å²) in [5.41, 5.74) is 2.38. The molecule has 0 unspecified atom stereocenters. The summed E-state index contributed by atoms with van der Waals surface area (Å²) in [5, 5.41) is 5.80. The number of hydrogen-bond acceptors (Lipinski definition) is 3. The Morgan fingerprint density at radius 1 is 1.26 bits per heavy atom. The van der Waals surface area contributed by atoms with Crippen LogP contribution in [-0.4, -0.2) is 17.9 Å². The molecule has 2 aromatic rings. The molecule has 4 nitrogen and oxygen atoms in total. The van der Waals surface area contributed by atoms with E-state index in [4.69, 9.17) is 0 Å². The van der Waals surface area contributed by atoms with Gasteiger partial charge in [0.05, 0.1) is 0 Å². The minimum absolute atomic E-state index is 0.149. The Morgan fingerprint density at radius 2 is 2.05 bits per heavy atom. The highest BCUT2D eigenvalue weighted by molar-refractivity contribution is 9.10. The quantitative estimate of drug-likeness (QED) is 0.911. The molecule has 0 radical (unpaired) electrons. The fourth-order valence-electron chi connectivity index (χ4n) is 1.67. The maximum Gasteiger partial charge on any atom is 0.255 e. The van der Waals surface area contributed by atoms with Gasteiger partial charge in [-0.05, 0) is 42.8 Å². The van der Waals surface area contributed by atoms with Crippen molar-refractivity contribution < 1.29 is 4.79 Å². The highest BCUT2D eigenvalue weighted by Gasteiger charge is 2.08. The van der Waals surface area contributed by atoms with Crippen molar-refractivity contribution >= 4 is 33.3 Å². The van der Waals surface area contributed by atoms with Crippen LogP contribution in [0, 0.1) is 6.92 Å². The van der Waals surface area contributed by atoms with Gasteiger partial charge in [0.1, 0.15) is 5.82 Å². The van der Waals surface area contributed by atoms with E-state index in [0.717, 1.165) is 15.7 Å². The van der Waals surface area contributed by atoms with E-state index < -0.39 is 0 Å². The van der Waals surface area contributed by atoms with Gasteiger partial charge < -0.3 is 10.6 Å². The molecule has 98 valence electrons. The van der Waals surface area contributed by atoms with Gasteiger partial charge in [-0.2, -0.15) is 0 Å². The third-order valence-electron chi connectivity index (χ3n) is 2.71. The first-order valence-electron chi connectivity index (χ1n) is 5.81. The van der Waals surface area contributed by atoms with E-state index in [9.17, 15) is 4.79 Å². The maximum absolute atomic E-state index is 12.1. The highest BCUT2D eigenvalue weighted by Crippen LogP contribution is 2.20. The number of halogens is 1. The SMILES string of the molecule is CNc1cc(C(=O)Nc2ccc(Br)cc2C)ccn1. The molecular formula is C14H14BrN3O.